The number of carbonyl (C=O) groups excluding carboxylic acids is 2. The van der Waals surface area contributed by atoms with E-state index in [0.717, 1.165) is 65.6 Å². The summed E-state index contributed by atoms with van der Waals surface area (Å²) >= 11 is 1.38. The molecule has 3 aromatic rings. The highest BCUT2D eigenvalue weighted by molar-refractivity contribution is 7.99. The Kier molecular flexibility index (Phi) is 8.00. The van der Waals surface area contributed by atoms with Gasteiger partial charge in [0.15, 0.2) is 11.0 Å². The van der Waals surface area contributed by atoms with E-state index in [4.69, 9.17) is 0 Å². The third-order valence-electron chi connectivity index (χ3n) is 6.16. The molecule has 0 unspecified atom stereocenters. The lowest BCUT2D eigenvalue weighted by Gasteiger charge is -2.12. The van der Waals surface area contributed by atoms with Gasteiger partial charge in [-0.25, -0.2) is 0 Å². The number of benzene rings is 2. The van der Waals surface area contributed by atoms with Crippen LogP contribution in [0.3, 0.4) is 0 Å². The number of amides is 2. The fourth-order valence-corrected chi connectivity index (χ4v) is 5.11. The van der Waals surface area contributed by atoms with E-state index in [2.05, 4.69) is 33.8 Å². The van der Waals surface area contributed by atoms with Crippen LogP contribution in [0, 0.1) is 12.8 Å². The highest BCUT2D eigenvalue weighted by Crippen LogP contribution is 2.27. The summed E-state index contributed by atoms with van der Waals surface area (Å²) in [5.41, 5.74) is 3.91. The zero-order chi connectivity index (χ0) is 23.9. The standard InChI is InChI=1S/C26H31N5O2S/c1-3-31-24(22-14-7-4-9-18(22)2)29-30-26(31)34-17-23(32)27-16-19-10-8-13-21(15-19)28-25(33)20-11-5-6-12-20/h4,7-10,13-15,20H,3,5-6,11-12,16-17H2,1-2H3,(H,27,32)(H,28,33). The topological polar surface area (TPSA) is 88.9 Å². The quantitative estimate of drug-likeness (QED) is 0.432. The Labute approximate surface area is 204 Å². The molecule has 2 N–H and O–H groups in total. The fraction of sp³-hybridized carbons (Fsp3) is 0.385. The number of thioether (sulfide) groups is 1. The molecule has 4 rings (SSSR count). The van der Waals surface area contributed by atoms with Crippen LogP contribution >= 0.6 is 11.8 Å². The van der Waals surface area contributed by atoms with Gasteiger partial charge in [0.05, 0.1) is 5.75 Å². The highest BCUT2D eigenvalue weighted by atomic mass is 32.2. The SMILES string of the molecule is CCn1c(SCC(=O)NCc2cccc(NC(=O)C3CCCC3)c2)nnc1-c1ccccc1C. The first-order valence-electron chi connectivity index (χ1n) is 11.8. The second-order valence-electron chi connectivity index (χ2n) is 8.60. The van der Waals surface area contributed by atoms with Crippen molar-refractivity contribution in [1.82, 2.24) is 20.1 Å². The number of rotatable bonds is 9. The minimum atomic E-state index is -0.0755. The third kappa shape index (κ3) is 5.86. The maximum atomic E-state index is 12.5. The lowest BCUT2D eigenvalue weighted by atomic mass is 10.1. The summed E-state index contributed by atoms with van der Waals surface area (Å²) in [6.07, 6.45) is 4.20. The van der Waals surface area contributed by atoms with Gasteiger partial charge in [0, 0.05) is 30.3 Å². The molecule has 0 radical (unpaired) electrons. The van der Waals surface area contributed by atoms with Gasteiger partial charge in [-0.05, 0) is 49.9 Å². The molecule has 1 fully saturated rings. The van der Waals surface area contributed by atoms with Gasteiger partial charge in [-0.2, -0.15) is 0 Å². The minimum Gasteiger partial charge on any atom is -0.351 e. The van der Waals surface area contributed by atoms with Crippen molar-refractivity contribution in [2.75, 3.05) is 11.1 Å². The fourth-order valence-electron chi connectivity index (χ4n) is 4.28. The zero-order valence-electron chi connectivity index (χ0n) is 19.7. The van der Waals surface area contributed by atoms with E-state index in [0.29, 0.717) is 6.54 Å². The van der Waals surface area contributed by atoms with Gasteiger partial charge >= 0.3 is 0 Å². The molecule has 2 aromatic carbocycles. The van der Waals surface area contributed by atoms with E-state index in [1.807, 2.05) is 54.0 Å². The number of anilines is 1. The van der Waals surface area contributed by atoms with Gasteiger partial charge in [0.1, 0.15) is 0 Å². The molecule has 1 heterocycles. The Hall–Kier alpha value is -3.13. The van der Waals surface area contributed by atoms with Crippen LogP contribution < -0.4 is 10.6 Å². The molecule has 0 atom stereocenters. The Bertz CT molecular complexity index is 1150. The molecule has 8 heteroatoms. The lowest BCUT2D eigenvalue weighted by molar-refractivity contribution is -0.120. The molecule has 0 spiro atoms. The van der Waals surface area contributed by atoms with E-state index < -0.39 is 0 Å². The van der Waals surface area contributed by atoms with Crippen molar-refractivity contribution in [1.29, 1.82) is 0 Å². The van der Waals surface area contributed by atoms with Crippen molar-refractivity contribution in [3.63, 3.8) is 0 Å². The second-order valence-corrected chi connectivity index (χ2v) is 9.54. The van der Waals surface area contributed by atoms with Crippen molar-refractivity contribution in [2.45, 2.75) is 57.8 Å². The Balaban J connectivity index is 1.30. The predicted molar refractivity (Wildman–Crippen MR) is 135 cm³/mol. The summed E-state index contributed by atoms with van der Waals surface area (Å²) in [6, 6.07) is 15.7. The van der Waals surface area contributed by atoms with Gasteiger partial charge in [0.25, 0.3) is 0 Å². The summed E-state index contributed by atoms with van der Waals surface area (Å²) in [7, 11) is 0. The van der Waals surface area contributed by atoms with Crippen LogP contribution in [0.15, 0.2) is 53.7 Å². The molecule has 2 amide bonds. The Morgan fingerprint density at radius 2 is 1.88 bits per heavy atom. The molecule has 0 saturated heterocycles. The largest absolute Gasteiger partial charge is 0.351 e. The van der Waals surface area contributed by atoms with Crippen LogP contribution in [0.4, 0.5) is 5.69 Å². The molecular formula is C26H31N5O2S. The first-order chi connectivity index (χ1) is 16.5. The summed E-state index contributed by atoms with van der Waals surface area (Å²) in [6.45, 7) is 5.23. The monoisotopic (exact) mass is 477 g/mol. The van der Waals surface area contributed by atoms with Crippen LogP contribution in [-0.2, 0) is 22.7 Å². The van der Waals surface area contributed by atoms with Crippen molar-refractivity contribution >= 4 is 29.3 Å². The molecular weight excluding hydrogens is 446 g/mol. The highest BCUT2D eigenvalue weighted by Gasteiger charge is 2.22. The first kappa shape index (κ1) is 24.0. The maximum Gasteiger partial charge on any atom is 0.230 e. The molecule has 34 heavy (non-hydrogen) atoms. The number of nitrogens with zero attached hydrogens (tertiary/aromatic N) is 3. The minimum absolute atomic E-state index is 0.0755. The van der Waals surface area contributed by atoms with Gasteiger partial charge in [0.2, 0.25) is 11.8 Å². The van der Waals surface area contributed by atoms with Gasteiger partial charge in [-0.15, -0.1) is 10.2 Å². The third-order valence-corrected chi connectivity index (χ3v) is 7.13. The van der Waals surface area contributed by atoms with Crippen LogP contribution in [-0.4, -0.2) is 32.3 Å². The molecule has 1 aliphatic carbocycles. The predicted octanol–water partition coefficient (Wildman–Crippen LogP) is 4.81. The van der Waals surface area contributed by atoms with Crippen LogP contribution in [0.5, 0.6) is 0 Å². The summed E-state index contributed by atoms with van der Waals surface area (Å²) in [5.74, 6) is 1.22. The molecule has 1 saturated carbocycles. The second kappa shape index (κ2) is 11.3. The van der Waals surface area contributed by atoms with Gasteiger partial charge < -0.3 is 15.2 Å². The molecule has 0 aliphatic heterocycles. The van der Waals surface area contributed by atoms with Crippen molar-refractivity contribution in [3.05, 3.63) is 59.7 Å². The van der Waals surface area contributed by atoms with E-state index >= 15 is 0 Å². The maximum absolute atomic E-state index is 12.5. The lowest BCUT2D eigenvalue weighted by Crippen LogP contribution is -2.25. The number of aromatic nitrogens is 3. The molecule has 1 aliphatic rings. The Morgan fingerprint density at radius 3 is 2.65 bits per heavy atom. The summed E-state index contributed by atoms with van der Waals surface area (Å²) in [5, 5.41) is 15.4. The molecule has 0 bridgehead atoms. The number of nitrogens with one attached hydrogen (secondary N) is 2. The van der Waals surface area contributed by atoms with Crippen molar-refractivity contribution < 1.29 is 9.59 Å². The molecule has 7 nitrogen and oxygen atoms in total. The van der Waals surface area contributed by atoms with E-state index in [1.165, 1.54) is 11.8 Å². The van der Waals surface area contributed by atoms with E-state index in [1.54, 1.807) is 0 Å². The van der Waals surface area contributed by atoms with E-state index in [-0.39, 0.29) is 23.5 Å². The number of aryl methyl sites for hydroxylation is 1. The molecule has 1 aromatic heterocycles. The van der Waals surface area contributed by atoms with Crippen LogP contribution in [0.1, 0.15) is 43.7 Å². The average molecular weight is 478 g/mol. The number of hydrogen-bond acceptors (Lipinski definition) is 5. The number of carbonyl (C=O) groups is 2. The van der Waals surface area contributed by atoms with E-state index in [9.17, 15) is 9.59 Å². The zero-order valence-corrected chi connectivity index (χ0v) is 20.5. The van der Waals surface area contributed by atoms with Crippen molar-refractivity contribution in [3.8, 4) is 11.4 Å². The smallest absolute Gasteiger partial charge is 0.230 e. The van der Waals surface area contributed by atoms with Crippen LogP contribution in [0.25, 0.3) is 11.4 Å². The summed E-state index contributed by atoms with van der Waals surface area (Å²) < 4.78 is 2.04. The van der Waals surface area contributed by atoms with Crippen molar-refractivity contribution in [2.24, 2.45) is 5.92 Å². The summed E-state index contributed by atoms with van der Waals surface area (Å²) in [4.78, 5) is 24.9. The normalized spacial score (nSPS) is 13.7. The van der Waals surface area contributed by atoms with Gasteiger partial charge in [-0.3, -0.25) is 9.59 Å². The average Bonchev–Trinajstić information content (AvgIpc) is 3.52. The Morgan fingerprint density at radius 1 is 1.09 bits per heavy atom. The first-order valence-corrected chi connectivity index (χ1v) is 12.8. The van der Waals surface area contributed by atoms with Gasteiger partial charge in [-0.1, -0.05) is 61.0 Å². The molecule has 178 valence electrons. The van der Waals surface area contributed by atoms with Crippen LogP contribution in [0.2, 0.25) is 0 Å². The number of hydrogen-bond donors (Lipinski definition) is 2.